The fraction of sp³-hybridized carbons (Fsp3) is 0.111. The molecule has 0 saturated carbocycles. The molecular formula is C9H12N2O3S. The molecule has 0 aromatic heterocycles. The summed E-state index contributed by atoms with van der Waals surface area (Å²) >= 11 is 3.83. The fourth-order valence-electron chi connectivity index (χ4n) is 0.722. The van der Waals surface area contributed by atoms with Gasteiger partial charge in [-0.1, -0.05) is 18.2 Å². The molecule has 4 N–H and O–H groups in total. The third-order valence-electron chi connectivity index (χ3n) is 1.20. The summed E-state index contributed by atoms with van der Waals surface area (Å²) < 4.78 is 0. The quantitative estimate of drug-likeness (QED) is 0.573. The third kappa shape index (κ3) is 8.63. The number of carbonyl (C=O) groups excluding carboxylic acids is 1. The molecule has 82 valence electrons. The highest BCUT2D eigenvalue weighted by Crippen LogP contribution is 2.04. The van der Waals surface area contributed by atoms with Crippen LogP contribution in [0.25, 0.3) is 0 Å². The Hall–Kier alpha value is -1.69. The minimum Gasteiger partial charge on any atom is -0.465 e. The van der Waals surface area contributed by atoms with E-state index in [1.165, 1.54) is 0 Å². The van der Waals surface area contributed by atoms with Crippen LogP contribution in [0, 0.1) is 0 Å². The van der Waals surface area contributed by atoms with Gasteiger partial charge in [0.2, 0.25) is 5.91 Å². The monoisotopic (exact) mass is 228 g/mol. The van der Waals surface area contributed by atoms with Gasteiger partial charge in [0.05, 0.1) is 5.75 Å². The number of benzene rings is 1. The lowest BCUT2D eigenvalue weighted by atomic mass is 10.3. The van der Waals surface area contributed by atoms with Crippen LogP contribution in [-0.2, 0) is 4.79 Å². The summed E-state index contributed by atoms with van der Waals surface area (Å²) in [6.45, 7) is 0. The molecule has 0 aliphatic carbocycles. The van der Waals surface area contributed by atoms with E-state index in [1.54, 1.807) is 0 Å². The minimum absolute atomic E-state index is 0.0838. The molecule has 0 radical (unpaired) electrons. The van der Waals surface area contributed by atoms with E-state index in [4.69, 9.17) is 9.90 Å². The first-order chi connectivity index (χ1) is 7.06. The molecule has 6 heteroatoms. The molecule has 0 atom stereocenters. The lowest BCUT2D eigenvalue weighted by Gasteiger charge is -2.00. The number of amides is 2. The molecule has 1 rings (SSSR count). The maximum atomic E-state index is 10.8. The van der Waals surface area contributed by atoms with Crippen molar-refractivity contribution in [3.8, 4) is 0 Å². The number of thiol groups is 1. The summed E-state index contributed by atoms with van der Waals surface area (Å²) in [6, 6.07) is 9.31. The summed E-state index contributed by atoms with van der Waals surface area (Å²) in [5, 5.41) is 9.87. The lowest BCUT2D eigenvalue weighted by molar-refractivity contribution is -0.113. The summed E-state index contributed by atoms with van der Waals surface area (Å²) in [4.78, 5) is 19.6. The van der Waals surface area contributed by atoms with Gasteiger partial charge in [0, 0.05) is 5.69 Å². The van der Waals surface area contributed by atoms with Crippen molar-refractivity contribution in [2.75, 3.05) is 11.1 Å². The summed E-state index contributed by atoms with van der Waals surface area (Å²) in [7, 11) is 0. The van der Waals surface area contributed by atoms with Crippen LogP contribution in [0.2, 0.25) is 0 Å². The molecule has 0 spiro atoms. The number of hydrogen-bond acceptors (Lipinski definition) is 3. The number of anilines is 1. The number of hydrogen-bond donors (Lipinski definition) is 4. The first kappa shape index (κ1) is 13.3. The van der Waals surface area contributed by atoms with Crippen LogP contribution >= 0.6 is 12.6 Å². The topological polar surface area (TPSA) is 92.4 Å². The summed E-state index contributed by atoms with van der Waals surface area (Å²) in [6.07, 6.45) is -1.33. The normalized spacial score (nSPS) is 8.33. The molecule has 0 aliphatic heterocycles. The van der Waals surface area contributed by atoms with E-state index in [0.29, 0.717) is 0 Å². The zero-order valence-corrected chi connectivity index (χ0v) is 8.78. The van der Waals surface area contributed by atoms with Crippen LogP contribution in [0.1, 0.15) is 0 Å². The van der Waals surface area contributed by atoms with Gasteiger partial charge in [-0.15, -0.1) is 0 Å². The van der Waals surface area contributed by atoms with Crippen molar-refractivity contribution in [2.24, 2.45) is 5.73 Å². The number of primary amides is 1. The standard InChI is InChI=1S/C8H9NOS.CH3NO2/c10-8(6-11)9-7-4-2-1-3-5-7;2-1(3)4/h1-5,11H,6H2,(H,9,10);2H2,(H,3,4). The molecule has 0 saturated heterocycles. The Morgan fingerprint density at radius 2 is 1.80 bits per heavy atom. The SMILES string of the molecule is NC(=O)O.O=C(CS)Nc1ccccc1. The summed E-state index contributed by atoms with van der Waals surface area (Å²) in [5.41, 5.74) is 4.84. The molecule has 0 bridgehead atoms. The highest BCUT2D eigenvalue weighted by Gasteiger charge is 1.95. The molecule has 0 aliphatic rings. The zero-order valence-electron chi connectivity index (χ0n) is 7.88. The first-order valence-electron chi connectivity index (χ1n) is 4.00. The van der Waals surface area contributed by atoms with E-state index in [1.807, 2.05) is 30.3 Å². The Balaban J connectivity index is 0.000000423. The van der Waals surface area contributed by atoms with Crippen molar-refractivity contribution in [3.63, 3.8) is 0 Å². The molecule has 0 fully saturated rings. The zero-order chi connectivity index (χ0) is 11.7. The minimum atomic E-state index is -1.33. The van der Waals surface area contributed by atoms with Gasteiger partial charge in [-0.3, -0.25) is 4.79 Å². The predicted molar refractivity (Wildman–Crippen MR) is 61.1 cm³/mol. The van der Waals surface area contributed by atoms with E-state index in [0.717, 1.165) is 5.69 Å². The van der Waals surface area contributed by atoms with Crippen molar-refractivity contribution in [1.29, 1.82) is 0 Å². The van der Waals surface area contributed by atoms with Crippen LogP contribution in [-0.4, -0.2) is 22.9 Å². The van der Waals surface area contributed by atoms with E-state index in [9.17, 15) is 4.79 Å². The van der Waals surface area contributed by atoms with Crippen LogP contribution in [0.3, 0.4) is 0 Å². The van der Waals surface area contributed by atoms with Gasteiger partial charge >= 0.3 is 6.09 Å². The number of nitrogens with two attached hydrogens (primary N) is 1. The smallest absolute Gasteiger partial charge is 0.402 e. The van der Waals surface area contributed by atoms with Gasteiger partial charge in [0.15, 0.2) is 0 Å². The lowest BCUT2D eigenvalue weighted by Crippen LogP contribution is -2.12. The Morgan fingerprint density at radius 3 is 2.20 bits per heavy atom. The number of rotatable bonds is 2. The van der Waals surface area contributed by atoms with E-state index in [-0.39, 0.29) is 11.7 Å². The Bertz CT molecular complexity index is 312. The van der Waals surface area contributed by atoms with Crippen LogP contribution in [0.15, 0.2) is 30.3 Å². The Labute approximate surface area is 92.7 Å². The van der Waals surface area contributed by atoms with Gasteiger partial charge in [-0.2, -0.15) is 12.6 Å². The second kappa shape index (κ2) is 7.69. The van der Waals surface area contributed by atoms with Gasteiger partial charge < -0.3 is 16.2 Å². The molecule has 1 aromatic rings. The van der Waals surface area contributed by atoms with Crippen LogP contribution in [0.4, 0.5) is 10.5 Å². The maximum Gasteiger partial charge on any atom is 0.402 e. The predicted octanol–water partition coefficient (Wildman–Crippen LogP) is 1.18. The molecule has 0 unspecified atom stereocenters. The van der Waals surface area contributed by atoms with Crippen LogP contribution in [0.5, 0.6) is 0 Å². The molecular weight excluding hydrogens is 216 g/mol. The van der Waals surface area contributed by atoms with Gasteiger partial charge in [0.25, 0.3) is 0 Å². The average molecular weight is 228 g/mol. The molecule has 1 aromatic carbocycles. The van der Waals surface area contributed by atoms with Gasteiger partial charge in [-0.25, -0.2) is 4.79 Å². The third-order valence-corrected chi connectivity index (χ3v) is 1.49. The molecule has 15 heavy (non-hydrogen) atoms. The van der Waals surface area contributed by atoms with E-state index < -0.39 is 6.09 Å². The van der Waals surface area contributed by atoms with Crippen LogP contribution < -0.4 is 11.1 Å². The summed E-state index contributed by atoms with van der Waals surface area (Å²) in [5.74, 6) is 0.133. The second-order valence-corrected chi connectivity index (χ2v) is 2.73. The van der Waals surface area contributed by atoms with E-state index >= 15 is 0 Å². The van der Waals surface area contributed by atoms with Gasteiger partial charge in [0.1, 0.15) is 0 Å². The van der Waals surface area contributed by atoms with Gasteiger partial charge in [-0.05, 0) is 12.1 Å². The Kier molecular flexibility index (Phi) is 6.82. The van der Waals surface area contributed by atoms with Crippen molar-refractivity contribution >= 4 is 30.3 Å². The number of carboxylic acid groups (broad SMARTS) is 1. The Morgan fingerprint density at radius 1 is 1.33 bits per heavy atom. The average Bonchev–Trinajstić information content (AvgIpc) is 2.18. The number of carbonyl (C=O) groups is 2. The first-order valence-corrected chi connectivity index (χ1v) is 4.63. The molecule has 2 amide bonds. The van der Waals surface area contributed by atoms with E-state index in [2.05, 4.69) is 23.7 Å². The highest BCUT2D eigenvalue weighted by molar-refractivity contribution is 7.81. The van der Waals surface area contributed by atoms with Crippen molar-refractivity contribution in [3.05, 3.63) is 30.3 Å². The van der Waals surface area contributed by atoms with Crippen molar-refractivity contribution < 1.29 is 14.7 Å². The molecule has 0 heterocycles. The maximum absolute atomic E-state index is 10.8. The van der Waals surface area contributed by atoms with Crippen molar-refractivity contribution in [1.82, 2.24) is 0 Å². The highest BCUT2D eigenvalue weighted by atomic mass is 32.1. The number of para-hydroxylation sites is 1. The largest absolute Gasteiger partial charge is 0.465 e. The fourth-order valence-corrected chi connectivity index (χ4v) is 0.801. The number of nitrogens with one attached hydrogen (secondary N) is 1. The van der Waals surface area contributed by atoms with Crippen molar-refractivity contribution in [2.45, 2.75) is 0 Å². The second-order valence-electron chi connectivity index (χ2n) is 2.41. The molecule has 5 nitrogen and oxygen atoms in total.